The van der Waals surface area contributed by atoms with Crippen LogP contribution in [0.5, 0.6) is 0 Å². The molecule has 4 nitrogen and oxygen atoms in total. The Hall–Kier alpha value is -3.92. The predicted octanol–water partition coefficient (Wildman–Crippen LogP) is 5.25. The fourth-order valence-corrected chi connectivity index (χ4v) is 3.83. The molecular weight excluding hydrogens is 358 g/mol. The van der Waals surface area contributed by atoms with Crippen LogP contribution in [0.15, 0.2) is 84.9 Å². The zero-order chi connectivity index (χ0) is 20.0. The number of benzene rings is 4. The fraction of sp³-hybridized carbons (Fsp3) is 0.0400. The van der Waals surface area contributed by atoms with E-state index in [2.05, 4.69) is 65.8 Å². The molecule has 29 heavy (non-hydrogen) atoms. The van der Waals surface area contributed by atoms with Crippen molar-refractivity contribution in [1.82, 2.24) is 9.78 Å². The summed E-state index contributed by atoms with van der Waals surface area (Å²) in [5.74, 6) is -0.435. The summed E-state index contributed by atoms with van der Waals surface area (Å²) >= 11 is 0. The number of carbonyl (C=O) groups excluding carboxylic acids is 1. The second kappa shape index (κ2) is 6.60. The molecule has 0 unspecified atom stereocenters. The van der Waals surface area contributed by atoms with Crippen molar-refractivity contribution in [3.8, 4) is 16.9 Å². The van der Waals surface area contributed by atoms with Crippen LogP contribution in [0.1, 0.15) is 16.1 Å². The van der Waals surface area contributed by atoms with Crippen molar-refractivity contribution in [2.75, 3.05) is 0 Å². The Bertz CT molecular complexity index is 1380. The minimum atomic E-state index is -0.435. The van der Waals surface area contributed by atoms with E-state index in [1.54, 1.807) is 12.1 Å². The molecule has 0 atom stereocenters. The SMILES string of the molecule is Cc1cc(-c2ccc3ccc4ccccc4c3c2)n(-c2ccc(C(N)=O)cc2)n1. The van der Waals surface area contributed by atoms with Gasteiger partial charge < -0.3 is 5.73 Å². The number of aromatic nitrogens is 2. The van der Waals surface area contributed by atoms with Crippen molar-refractivity contribution < 1.29 is 4.79 Å². The van der Waals surface area contributed by atoms with Gasteiger partial charge >= 0.3 is 0 Å². The lowest BCUT2D eigenvalue weighted by atomic mass is 9.99. The predicted molar refractivity (Wildman–Crippen MR) is 117 cm³/mol. The van der Waals surface area contributed by atoms with Gasteiger partial charge in [0.05, 0.1) is 17.1 Å². The molecule has 5 rings (SSSR count). The summed E-state index contributed by atoms with van der Waals surface area (Å²) in [7, 11) is 0. The first-order valence-electron chi connectivity index (χ1n) is 9.49. The van der Waals surface area contributed by atoms with Gasteiger partial charge in [-0.1, -0.05) is 48.5 Å². The number of amides is 1. The van der Waals surface area contributed by atoms with E-state index in [0.29, 0.717) is 5.56 Å². The first-order valence-corrected chi connectivity index (χ1v) is 9.49. The summed E-state index contributed by atoms with van der Waals surface area (Å²) in [6.07, 6.45) is 0. The third-order valence-electron chi connectivity index (χ3n) is 5.27. The fourth-order valence-electron chi connectivity index (χ4n) is 3.83. The third kappa shape index (κ3) is 2.95. The molecule has 0 saturated heterocycles. The smallest absolute Gasteiger partial charge is 0.248 e. The molecular formula is C25H19N3O. The molecule has 0 bridgehead atoms. The van der Waals surface area contributed by atoms with Gasteiger partial charge in [0, 0.05) is 11.1 Å². The first-order chi connectivity index (χ1) is 14.1. The number of hydrogen-bond acceptors (Lipinski definition) is 2. The monoisotopic (exact) mass is 377 g/mol. The van der Waals surface area contributed by atoms with Crippen LogP contribution in [-0.2, 0) is 0 Å². The Kier molecular flexibility index (Phi) is 3.91. The van der Waals surface area contributed by atoms with E-state index in [-0.39, 0.29) is 0 Å². The van der Waals surface area contributed by atoms with E-state index in [1.807, 2.05) is 23.7 Å². The second-order valence-corrected chi connectivity index (χ2v) is 7.22. The first kappa shape index (κ1) is 17.2. The average Bonchev–Trinajstić information content (AvgIpc) is 3.15. The van der Waals surface area contributed by atoms with Gasteiger partial charge in [0.2, 0.25) is 5.91 Å². The molecule has 1 heterocycles. The van der Waals surface area contributed by atoms with Crippen molar-refractivity contribution in [1.29, 1.82) is 0 Å². The molecule has 1 amide bonds. The molecule has 0 saturated carbocycles. The van der Waals surface area contributed by atoms with Crippen LogP contribution in [0.3, 0.4) is 0 Å². The number of hydrogen-bond donors (Lipinski definition) is 1. The highest BCUT2D eigenvalue weighted by Crippen LogP contribution is 2.31. The quantitative estimate of drug-likeness (QED) is 0.436. The van der Waals surface area contributed by atoms with Gasteiger partial charge in [-0.05, 0) is 64.9 Å². The molecule has 4 aromatic carbocycles. The Morgan fingerprint density at radius 3 is 2.28 bits per heavy atom. The van der Waals surface area contributed by atoms with E-state index in [1.165, 1.54) is 21.5 Å². The summed E-state index contributed by atoms with van der Waals surface area (Å²) in [6.45, 7) is 1.98. The van der Waals surface area contributed by atoms with Gasteiger partial charge in [-0.15, -0.1) is 0 Å². The summed E-state index contributed by atoms with van der Waals surface area (Å²) in [5.41, 5.74) is 9.76. The van der Waals surface area contributed by atoms with E-state index in [9.17, 15) is 4.79 Å². The van der Waals surface area contributed by atoms with Crippen molar-refractivity contribution in [3.63, 3.8) is 0 Å². The van der Waals surface area contributed by atoms with Crippen LogP contribution in [0.4, 0.5) is 0 Å². The molecule has 4 heteroatoms. The summed E-state index contributed by atoms with van der Waals surface area (Å²) in [4.78, 5) is 11.4. The van der Waals surface area contributed by atoms with Crippen LogP contribution in [0, 0.1) is 6.92 Å². The molecule has 2 N–H and O–H groups in total. The topological polar surface area (TPSA) is 60.9 Å². The zero-order valence-electron chi connectivity index (χ0n) is 16.0. The number of primary amides is 1. The molecule has 0 fully saturated rings. The van der Waals surface area contributed by atoms with Crippen LogP contribution < -0.4 is 5.73 Å². The standard InChI is InChI=1S/C25H19N3O/c1-16-14-24(28(27-16)21-12-10-19(11-13-21)25(26)29)20-9-8-18-7-6-17-4-2-3-5-22(17)23(18)15-20/h2-15H,1H3,(H2,26,29). The van der Waals surface area contributed by atoms with Gasteiger partial charge in [-0.3, -0.25) is 4.79 Å². The maximum atomic E-state index is 11.4. The Morgan fingerprint density at radius 1 is 0.828 bits per heavy atom. The molecule has 0 aliphatic rings. The highest BCUT2D eigenvalue weighted by Gasteiger charge is 2.12. The lowest BCUT2D eigenvalue weighted by Crippen LogP contribution is -2.10. The van der Waals surface area contributed by atoms with E-state index >= 15 is 0 Å². The second-order valence-electron chi connectivity index (χ2n) is 7.22. The molecule has 0 spiro atoms. The maximum absolute atomic E-state index is 11.4. The lowest BCUT2D eigenvalue weighted by Gasteiger charge is -2.10. The van der Waals surface area contributed by atoms with Gasteiger partial charge in [0.25, 0.3) is 0 Å². The van der Waals surface area contributed by atoms with Crippen LogP contribution >= 0.6 is 0 Å². The maximum Gasteiger partial charge on any atom is 0.248 e. The lowest BCUT2D eigenvalue weighted by molar-refractivity contribution is 0.100. The molecule has 1 aromatic heterocycles. The Balaban J connectivity index is 1.69. The molecule has 5 aromatic rings. The third-order valence-corrected chi connectivity index (χ3v) is 5.27. The number of fused-ring (bicyclic) bond motifs is 3. The van der Waals surface area contributed by atoms with Gasteiger partial charge in [-0.25, -0.2) is 4.68 Å². The number of carbonyl (C=O) groups is 1. The molecule has 0 aliphatic carbocycles. The van der Waals surface area contributed by atoms with Gasteiger partial charge in [-0.2, -0.15) is 5.10 Å². The van der Waals surface area contributed by atoms with Crippen molar-refractivity contribution in [3.05, 3.63) is 96.2 Å². The number of nitrogens with two attached hydrogens (primary N) is 1. The Labute approximate surface area is 168 Å². The number of rotatable bonds is 3. The van der Waals surface area contributed by atoms with Crippen LogP contribution in [0.25, 0.3) is 38.5 Å². The summed E-state index contributed by atoms with van der Waals surface area (Å²) < 4.78 is 1.91. The Morgan fingerprint density at radius 2 is 1.52 bits per heavy atom. The largest absolute Gasteiger partial charge is 0.366 e. The van der Waals surface area contributed by atoms with Crippen molar-refractivity contribution >= 4 is 27.5 Å². The summed E-state index contributed by atoms with van der Waals surface area (Å²) in [5, 5.41) is 9.56. The van der Waals surface area contributed by atoms with E-state index in [0.717, 1.165) is 22.6 Å². The van der Waals surface area contributed by atoms with E-state index < -0.39 is 5.91 Å². The van der Waals surface area contributed by atoms with Gasteiger partial charge in [0.15, 0.2) is 0 Å². The average molecular weight is 377 g/mol. The minimum absolute atomic E-state index is 0.435. The number of nitrogens with zero attached hydrogens (tertiary/aromatic N) is 2. The normalized spacial score (nSPS) is 11.2. The minimum Gasteiger partial charge on any atom is -0.366 e. The van der Waals surface area contributed by atoms with E-state index in [4.69, 9.17) is 5.73 Å². The zero-order valence-corrected chi connectivity index (χ0v) is 16.0. The van der Waals surface area contributed by atoms with Crippen LogP contribution in [0.2, 0.25) is 0 Å². The van der Waals surface area contributed by atoms with Crippen molar-refractivity contribution in [2.24, 2.45) is 5.73 Å². The highest BCUT2D eigenvalue weighted by molar-refractivity contribution is 6.08. The highest BCUT2D eigenvalue weighted by atomic mass is 16.1. The van der Waals surface area contributed by atoms with Gasteiger partial charge in [0.1, 0.15) is 0 Å². The number of aryl methyl sites for hydroxylation is 1. The molecule has 140 valence electrons. The molecule has 0 radical (unpaired) electrons. The molecule has 0 aliphatic heterocycles. The summed E-state index contributed by atoms with van der Waals surface area (Å²) in [6, 6.07) is 28.5. The van der Waals surface area contributed by atoms with Crippen molar-refractivity contribution in [2.45, 2.75) is 6.92 Å². The van der Waals surface area contributed by atoms with Crippen LogP contribution in [-0.4, -0.2) is 15.7 Å².